The Morgan fingerprint density at radius 2 is 1.75 bits per heavy atom. The lowest BCUT2D eigenvalue weighted by Crippen LogP contribution is -2.44. The van der Waals surface area contributed by atoms with Crippen LogP contribution in [0.2, 0.25) is 0 Å². The van der Waals surface area contributed by atoms with Crippen molar-refractivity contribution in [3.05, 3.63) is 35.5 Å². The van der Waals surface area contributed by atoms with Crippen LogP contribution in [0.25, 0.3) is 10.9 Å². The van der Waals surface area contributed by atoms with Crippen LogP contribution >= 0.6 is 0 Å². The molecule has 0 atom stereocenters. The second-order valence-electron chi connectivity index (χ2n) is 12.2. The summed E-state index contributed by atoms with van der Waals surface area (Å²) < 4.78 is 8.08. The Bertz CT molecular complexity index is 1050. The van der Waals surface area contributed by atoms with Gasteiger partial charge in [0.05, 0.1) is 18.2 Å². The molecule has 198 valence electrons. The first kappa shape index (κ1) is 26.7. The number of benzene rings is 1. The Morgan fingerprint density at radius 1 is 1.08 bits per heavy atom. The predicted molar refractivity (Wildman–Crippen MR) is 146 cm³/mol. The largest absolute Gasteiger partial charge is 0.465 e. The van der Waals surface area contributed by atoms with Gasteiger partial charge in [-0.1, -0.05) is 37.2 Å². The number of carbonyl (C=O) groups excluding carboxylic acids is 1. The second kappa shape index (κ2) is 11.4. The van der Waals surface area contributed by atoms with Gasteiger partial charge in [-0.15, -0.1) is 0 Å². The predicted octanol–water partition coefficient (Wildman–Crippen LogP) is 6.43. The van der Waals surface area contributed by atoms with E-state index in [4.69, 9.17) is 4.74 Å². The number of oxime groups is 1. The van der Waals surface area contributed by atoms with Crippen molar-refractivity contribution in [3.8, 4) is 0 Å². The van der Waals surface area contributed by atoms with Gasteiger partial charge in [-0.3, -0.25) is 4.79 Å². The van der Waals surface area contributed by atoms with Gasteiger partial charge in [-0.2, -0.15) is 0 Å². The average Bonchev–Trinajstić information content (AvgIpc) is 3.17. The number of aromatic nitrogens is 1. The molecule has 1 aliphatic heterocycles. The summed E-state index contributed by atoms with van der Waals surface area (Å²) in [7, 11) is 0. The van der Waals surface area contributed by atoms with E-state index in [1.807, 2.05) is 26.8 Å². The zero-order valence-corrected chi connectivity index (χ0v) is 22.9. The molecule has 1 saturated heterocycles. The minimum Gasteiger partial charge on any atom is -0.465 e. The number of rotatable bonds is 7. The smallest absolute Gasteiger partial charge is 0.311 e. The minimum atomic E-state index is -0.525. The molecule has 0 unspecified atom stereocenters. The fraction of sp³-hybridized carbons (Fsp3) is 0.667. The molecule has 2 aliphatic rings. The molecule has 6 heteroatoms. The van der Waals surface area contributed by atoms with Gasteiger partial charge in [0.2, 0.25) is 0 Å². The number of ether oxygens (including phenoxy) is 1. The van der Waals surface area contributed by atoms with Crippen molar-refractivity contribution in [3.63, 3.8) is 0 Å². The van der Waals surface area contributed by atoms with Gasteiger partial charge in [-0.05, 0) is 77.2 Å². The molecular formula is C30H45N3O3. The monoisotopic (exact) mass is 495 g/mol. The quantitative estimate of drug-likeness (QED) is 0.208. The zero-order chi connectivity index (χ0) is 25.9. The van der Waals surface area contributed by atoms with Crippen molar-refractivity contribution in [1.29, 1.82) is 0 Å². The van der Waals surface area contributed by atoms with Gasteiger partial charge in [-0.25, -0.2) is 0 Å². The lowest BCUT2D eigenvalue weighted by molar-refractivity contribution is -0.152. The van der Waals surface area contributed by atoms with Crippen LogP contribution in [0.1, 0.15) is 90.4 Å². The third kappa shape index (κ3) is 5.80. The third-order valence-electron chi connectivity index (χ3n) is 8.49. The Morgan fingerprint density at radius 3 is 2.36 bits per heavy atom. The topological polar surface area (TPSA) is 67.1 Å². The molecule has 1 aromatic carbocycles. The van der Waals surface area contributed by atoms with E-state index in [1.165, 1.54) is 31.2 Å². The molecule has 2 heterocycles. The highest BCUT2D eigenvalue weighted by Gasteiger charge is 2.32. The van der Waals surface area contributed by atoms with Gasteiger partial charge in [0, 0.05) is 53.8 Å². The number of carbonyl (C=O) groups is 1. The molecule has 6 nitrogen and oxygen atoms in total. The van der Waals surface area contributed by atoms with Crippen LogP contribution in [0.3, 0.4) is 0 Å². The first-order chi connectivity index (χ1) is 17.2. The normalized spacial score (nSPS) is 22.6. The van der Waals surface area contributed by atoms with Crippen LogP contribution in [0, 0.1) is 17.3 Å². The lowest BCUT2D eigenvalue weighted by atomic mass is 9.79. The molecule has 1 aromatic heterocycles. The number of hydrogen-bond acceptors (Lipinski definition) is 5. The highest BCUT2D eigenvalue weighted by atomic mass is 16.5. The highest BCUT2D eigenvalue weighted by Crippen LogP contribution is 2.37. The molecule has 0 bridgehead atoms. The van der Waals surface area contributed by atoms with E-state index in [1.54, 1.807) is 6.21 Å². The average molecular weight is 496 g/mol. The molecule has 4 rings (SSSR count). The van der Waals surface area contributed by atoms with Crippen molar-refractivity contribution >= 4 is 23.1 Å². The number of esters is 1. The minimum absolute atomic E-state index is 0.192. The summed E-state index contributed by atoms with van der Waals surface area (Å²) >= 11 is 0. The number of piperidine rings is 1. The third-order valence-corrected chi connectivity index (χ3v) is 8.49. The zero-order valence-electron chi connectivity index (χ0n) is 22.9. The SMILES string of the molecule is CC(C)[C@H]1CC[C@@H](N2CCC(n3c(CCOC(=O)C(C)(C)C)c(/C=N/O)c4ccccc43)CC2)CC1. The van der Waals surface area contributed by atoms with Crippen LogP contribution in [0.5, 0.6) is 0 Å². The van der Waals surface area contributed by atoms with Crippen molar-refractivity contribution in [1.82, 2.24) is 9.47 Å². The second-order valence-corrected chi connectivity index (χ2v) is 12.2. The molecule has 0 spiro atoms. The summed E-state index contributed by atoms with van der Waals surface area (Å²) in [6, 6.07) is 9.47. The van der Waals surface area contributed by atoms with Gasteiger partial charge in [0.15, 0.2) is 0 Å². The fourth-order valence-electron chi connectivity index (χ4n) is 6.32. The van der Waals surface area contributed by atoms with E-state index in [0.717, 1.165) is 60.5 Å². The van der Waals surface area contributed by atoms with Crippen molar-refractivity contribution in [2.24, 2.45) is 22.4 Å². The molecule has 2 fully saturated rings. The van der Waals surface area contributed by atoms with Crippen molar-refractivity contribution in [2.45, 2.75) is 91.6 Å². The number of para-hydroxylation sites is 1. The molecule has 36 heavy (non-hydrogen) atoms. The van der Waals surface area contributed by atoms with Crippen LogP contribution in [-0.2, 0) is 16.0 Å². The van der Waals surface area contributed by atoms with E-state index in [0.29, 0.717) is 19.1 Å². The van der Waals surface area contributed by atoms with Crippen LogP contribution < -0.4 is 0 Å². The summed E-state index contributed by atoms with van der Waals surface area (Å²) in [5.74, 6) is 1.51. The van der Waals surface area contributed by atoms with E-state index in [-0.39, 0.29) is 5.97 Å². The Hall–Kier alpha value is -2.34. The maximum Gasteiger partial charge on any atom is 0.311 e. The van der Waals surface area contributed by atoms with Gasteiger partial charge >= 0.3 is 5.97 Å². The molecule has 1 aliphatic carbocycles. The van der Waals surface area contributed by atoms with Crippen LogP contribution in [0.15, 0.2) is 29.4 Å². The van der Waals surface area contributed by atoms with Gasteiger partial charge in [0.1, 0.15) is 0 Å². The lowest BCUT2D eigenvalue weighted by Gasteiger charge is -2.42. The molecule has 0 radical (unpaired) electrons. The maximum atomic E-state index is 12.4. The van der Waals surface area contributed by atoms with Gasteiger partial charge in [0.25, 0.3) is 0 Å². The number of fused-ring (bicyclic) bond motifs is 1. The molecule has 1 N–H and O–H groups in total. The summed E-state index contributed by atoms with van der Waals surface area (Å²) in [6.45, 7) is 12.9. The molecule has 0 amide bonds. The summed E-state index contributed by atoms with van der Waals surface area (Å²) in [4.78, 5) is 15.1. The van der Waals surface area contributed by atoms with Crippen molar-refractivity contribution < 1.29 is 14.7 Å². The van der Waals surface area contributed by atoms with E-state index >= 15 is 0 Å². The number of hydrogen-bond donors (Lipinski definition) is 1. The van der Waals surface area contributed by atoms with Crippen LogP contribution in [0.4, 0.5) is 0 Å². The fourth-order valence-corrected chi connectivity index (χ4v) is 6.32. The van der Waals surface area contributed by atoms with Crippen LogP contribution in [-0.4, -0.2) is 52.6 Å². The highest BCUT2D eigenvalue weighted by molar-refractivity contribution is 6.01. The van der Waals surface area contributed by atoms with E-state index in [9.17, 15) is 10.0 Å². The first-order valence-corrected chi connectivity index (χ1v) is 13.9. The Balaban J connectivity index is 1.52. The van der Waals surface area contributed by atoms with Gasteiger partial charge < -0.3 is 19.4 Å². The van der Waals surface area contributed by atoms with Crippen molar-refractivity contribution in [2.75, 3.05) is 19.7 Å². The number of nitrogens with zero attached hydrogens (tertiary/aromatic N) is 3. The standard InChI is InChI=1S/C30H45N3O3/c1-21(2)22-10-12-23(13-11-22)32-17-14-24(15-18-32)33-27-9-7-6-8-25(27)26(20-31-35)28(33)16-19-36-29(34)30(3,4)5/h6-9,20-24,35H,10-19H2,1-5H3/b31-20+/t22-,23+. The summed E-state index contributed by atoms with van der Waals surface area (Å²) in [5.41, 5.74) is 2.66. The van der Waals surface area contributed by atoms with E-state index in [2.05, 4.69) is 46.7 Å². The Kier molecular flexibility index (Phi) is 8.44. The van der Waals surface area contributed by atoms with E-state index < -0.39 is 5.41 Å². The number of likely N-dealkylation sites (tertiary alicyclic amines) is 1. The summed E-state index contributed by atoms with van der Waals surface area (Å²) in [6.07, 6.45) is 9.75. The molecule has 1 saturated carbocycles. The maximum absolute atomic E-state index is 12.4. The summed E-state index contributed by atoms with van der Waals surface area (Å²) in [5, 5.41) is 13.9. The Labute approximate surface area is 216 Å². The first-order valence-electron chi connectivity index (χ1n) is 13.9. The molecular weight excluding hydrogens is 450 g/mol. The molecule has 2 aromatic rings.